The zero-order valence-corrected chi connectivity index (χ0v) is 15.0. The molecule has 0 fully saturated rings. The molecule has 1 aromatic carbocycles. The highest BCUT2D eigenvalue weighted by Gasteiger charge is 2.17. The number of thiophene rings is 1. The highest BCUT2D eigenvalue weighted by molar-refractivity contribution is 7.13. The van der Waals surface area contributed by atoms with E-state index in [0.29, 0.717) is 0 Å². The summed E-state index contributed by atoms with van der Waals surface area (Å²) in [7, 11) is 0. The number of imidazole rings is 1. The lowest BCUT2D eigenvalue weighted by atomic mass is 10.1. The number of nitrogens with zero attached hydrogens (tertiary/aromatic N) is 1. The van der Waals surface area contributed by atoms with Crippen molar-refractivity contribution < 1.29 is 0 Å². The summed E-state index contributed by atoms with van der Waals surface area (Å²) in [4.78, 5) is 13.0. The molecule has 0 aliphatic carbocycles. The average Bonchev–Trinajstić information content (AvgIpc) is 3.37. The molecule has 0 radical (unpaired) electrons. The average molecular weight is 345 g/mol. The number of fused-ring (bicyclic) bond motifs is 1. The molecule has 0 aliphatic rings. The van der Waals surface area contributed by atoms with Gasteiger partial charge in [0.15, 0.2) is 0 Å². The first-order chi connectivity index (χ1) is 12.3. The highest BCUT2D eigenvalue weighted by atomic mass is 32.1. The summed E-state index contributed by atoms with van der Waals surface area (Å²) in [5, 5.41) is 3.27. The molecule has 4 heteroatoms. The summed E-state index contributed by atoms with van der Waals surface area (Å²) in [5.41, 5.74) is 5.44. The van der Waals surface area contributed by atoms with Crippen molar-refractivity contribution in [1.29, 1.82) is 0 Å². The number of nitrogens with one attached hydrogen (secondary N) is 2. The molecular weight excluding hydrogens is 326 g/mol. The number of hydrogen-bond acceptors (Lipinski definition) is 2. The van der Waals surface area contributed by atoms with Gasteiger partial charge >= 0.3 is 0 Å². The van der Waals surface area contributed by atoms with E-state index in [4.69, 9.17) is 4.98 Å². The van der Waals surface area contributed by atoms with Crippen molar-refractivity contribution in [3.63, 3.8) is 0 Å². The van der Waals surface area contributed by atoms with E-state index in [9.17, 15) is 0 Å². The summed E-state index contributed by atoms with van der Waals surface area (Å²) in [6.45, 7) is 4.12. The van der Waals surface area contributed by atoms with Crippen molar-refractivity contribution in [3.8, 4) is 22.0 Å². The van der Waals surface area contributed by atoms with Gasteiger partial charge in [0.25, 0.3) is 0 Å². The molecule has 124 valence electrons. The van der Waals surface area contributed by atoms with E-state index in [1.54, 1.807) is 11.3 Å². The zero-order valence-electron chi connectivity index (χ0n) is 14.2. The standard InChI is InChI=1S/C21H19N3S/c1-3-4-8-14(2)19-20(18-11-7-12-25-18)24-21(23-19)16-13-22-17-10-6-5-9-15(16)17/h3-13,22H,1-2H3,(H,23,24)/b4-3-,14-8+. The minimum absolute atomic E-state index is 0.893. The minimum Gasteiger partial charge on any atom is -0.360 e. The van der Waals surface area contributed by atoms with Crippen LogP contribution in [0.15, 0.2) is 66.2 Å². The predicted octanol–water partition coefficient (Wildman–Crippen LogP) is 6.27. The quantitative estimate of drug-likeness (QED) is 0.421. The molecule has 0 spiro atoms. The monoisotopic (exact) mass is 345 g/mol. The van der Waals surface area contributed by atoms with E-state index < -0.39 is 0 Å². The Hall–Kier alpha value is -2.85. The van der Waals surface area contributed by atoms with Gasteiger partial charge in [-0.25, -0.2) is 4.98 Å². The molecular formula is C21H19N3S. The SMILES string of the molecule is C/C=C\C=C(/C)c1nc(-c2c[nH]c3ccccc23)[nH]c1-c1cccs1. The molecule has 25 heavy (non-hydrogen) atoms. The Labute approximate surface area is 150 Å². The van der Waals surface area contributed by atoms with Gasteiger partial charge in [0.2, 0.25) is 0 Å². The molecule has 0 bridgehead atoms. The lowest BCUT2D eigenvalue weighted by molar-refractivity contribution is 1.30. The minimum atomic E-state index is 0.893. The Morgan fingerprint density at radius 1 is 1.16 bits per heavy atom. The largest absolute Gasteiger partial charge is 0.360 e. The summed E-state index contributed by atoms with van der Waals surface area (Å²) in [6.07, 6.45) is 8.21. The third-order valence-electron chi connectivity index (χ3n) is 4.23. The van der Waals surface area contributed by atoms with Crippen molar-refractivity contribution in [1.82, 2.24) is 15.0 Å². The molecule has 0 saturated carbocycles. The van der Waals surface area contributed by atoms with E-state index in [-0.39, 0.29) is 0 Å². The van der Waals surface area contributed by atoms with E-state index in [1.807, 2.05) is 31.3 Å². The maximum atomic E-state index is 4.94. The van der Waals surface area contributed by atoms with Gasteiger partial charge in [0.1, 0.15) is 5.82 Å². The van der Waals surface area contributed by atoms with Crippen LogP contribution in [0.25, 0.3) is 38.4 Å². The van der Waals surface area contributed by atoms with Gasteiger partial charge in [0, 0.05) is 22.7 Å². The normalized spacial score (nSPS) is 12.5. The van der Waals surface area contributed by atoms with Crippen molar-refractivity contribution in [2.75, 3.05) is 0 Å². The fourth-order valence-corrected chi connectivity index (χ4v) is 3.70. The van der Waals surface area contributed by atoms with Gasteiger partial charge in [-0.1, -0.05) is 42.5 Å². The lowest BCUT2D eigenvalue weighted by Gasteiger charge is -1.99. The summed E-state index contributed by atoms with van der Waals surface area (Å²) >= 11 is 1.72. The van der Waals surface area contributed by atoms with Gasteiger partial charge in [0.05, 0.1) is 16.3 Å². The van der Waals surface area contributed by atoms with Crippen molar-refractivity contribution in [2.24, 2.45) is 0 Å². The maximum Gasteiger partial charge on any atom is 0.140 e. The van der Waals surface area contributed by atoms with Crippen LogP contribution in [0.5, 0.6) is 0 Å². The Morgan fingerprint density at radius 2 is 2.04 bits per heavy atom. The number of aromatic amines is 2. The second kappa shape index (κ2) is 6.57. The molecule has 3 heterocycles. The Kier molecular flexibility index (Phi) is 4.12. The van der Waals surface area contributed by atoms with Crippen LogP contribution in [0.3, 0.4) is 0 Å². The van der Waals surface area contributed by atoms with E-state index in [0.717, 1.165) is 33.9 Å². The smallest absolute Gasteiger partial charge is 0.140 e. The topological polar surface area (TPSA) is 44.5 Å². The number of aromatic nitrogens is 3. The zero-order chi connectivity index (χ0) is 17.2. The third-order valence-corrected chi connectivity index (χ3v) is 5.12. The first-order valence-corrected chi connectivity index (χ1v) is 9.16. The number of allylic oxidation sites excluding steroid dienone is 4. The summed E-state index contributed by atoms with van der Waals surface area (Å²) < 4.78 is 0. The summed E-state index contributed by atoms with van der Waals surface area (Å²) in [5.74, 6) is 0.893. The van der Waals surface area contributed by atoms with Gasteiger partial charge < -0.3 is 9.97 Å². The molecule has 0 amide bonds. The number of H-pyrrole nitrogens is 2. The van der Waals surface area contributed by atoms with E-state index in [1.165, 1.54) is 10.3 Å². The second-order valence-corrected chi connectivity index (χ2v) is 6.86. The lowest BCUT2D eigenvalue weighted by Crippen LogP contribution is -1.83. The molecule has 3 nitrogen and oxygen atoms in total. The molecule has 0 atom stereocenters. The van der Waals surface area contributed by atoms with E-state index >= 15 is 0 Å². The van der Waals surface area contributed by atoms with Crippen molar-refractivity contribution in [3.05, 3.63) is 71.9 Å². The van der Waals surface area contributed by atoms with Gasteiger partial charge in [-0.15, -0.1) is 11.3 Å². The van der Waals surface area contributed by atoms with Gasteiger partial charge in [-0.2, -0.15) is 0 Å². The number of benzene rings is 1. The number of rotatable bonds is 4. The molecule has 4 aromatic rings. The molecule has 0 unspecified atom stereocenters. The van der Waals surface area contributed by atoms with Crippen LogP contribution in [0.1, 0.15) is 19.5 Å². The third kappa shape index (κ3) is 2.85. The van der Waals surface area contributed by atoms with Crippen LogP contribution in [0, 0.1) is 0 Å². The second-order valence-electron chi connectivity index (χ2n) is 5.91. The van der Waals surface area contributed by atoms with Gasteiger partial charge in [-0.05, 0) is 36.9 Å². The maximum absolute atomic E-state index is 4.94. The molecule has 3 aromatic heterocycles. The van der Waals surface area contributed by atoms with Crippen LogP contribution in [-0.2, 0) is 0 Å². The first-order valence-electron chi connectivity index (χ1n) is 8.28. The Balaban J connectivity index is 1.90. The molecule has 0 saturated heterocycles. The van der Waals surface area contributed by atoms with Crippen LogP contribution < -0.4 is 0 Å². The van der Waals surface area contributed by atoms with Crippen LogP contribution in [0.2, 0.25) is 0 Å². The van der Waals surface area contributed by atoms with Gasteiger partial charge in [-0.3, -0.25) is 0 Å². The predicted molar refractivity (Wildman–Crippen MR) is 108 cm³/mol. The fourth-order valence-electron chi connectivity index (χ4n) is 2.97. The van der Waals surface area contributed by atoms with Crippen LogP contribution >= 0.6 is 11.3 Å². The first kappa shape index (κ1) is 15.7. The highest BCUT2D eigenvalue weighted by Crippen LogP contribution is 2.34. The van der Waals surface area contributed by atoms with Crippen molar-refractivity contribution >= 4 is 27.8 Å². The number of para-hydroxylation sites is 1. The van der Waals surface area contributed by atoms with E-state index in [2.05, 4.69) is 58.7 Å². The van der Waals surface area contributed by atoms with Crippen LogP contribution in [0.4, 0.5) is 0 Å². The number of hydrogen-bond donors (Lipinski definition) is 2. The molecule has 0 aliphatic heterocycles. The van der Waals surface area contributed by atoms with Crippen molar-refractivity contribution in [2.45, 2.75) is 13.8 Å². The Bertz CT molecular complexity index is 1060. The van der Waals surface area contributed by atoms with Crippen LogP contribution in [-0.4, -0.2) is 15.0 Å². The fraction of sp³-hybridized carbons (Fsp3) is 0.0952. The molecule has 2 N–H and O–H groups in total. The Morgan fingerprint density at radius 3 is 2.84 bits per heavy atom. The molecule has 4 rings (SSSR count). The summed E-state index contributed by atoms with van der Waals surface area (Å²) in [6, 6.07) is 12.5.